The maximum absolute atomic E-state index is 12.9. The fourth-order valence-corrected chi connectivity index (χ4v) is 2.91. The Morgan fingerprint density at radius 1 is 1.40 bits per heavy atom. The van der Waals surface area contributed by atoms with E-state index in [4.69, 9.17) is 4.74 Å². The van der Waals surface area contributed by atoms with E-state index in [1.54, 1.807) is 11.0 Å². The predicted molar refractivity (Wildman–Crippen MR) is 87.9 cm³/mol. The normalized spacial score (nSPS) is 16.8. The number of likely N-dealkylation sites (N-methyl/N-ethyl adjacent to an activating group) is 1. The van der Waals surface area contributed by atoms with E-state index in [0.717, 1.165) is 19.0 Å². The predicted octanol–water partition coefficient (Wildman–Crippen LogP) is 1.16. The van der Waals surface area contributed by atoms with E-state index in [1.807, 2.05) is 11.9 Å². The molecule has 2 aromatic rings. The lowest BCUT2D eigenvalue weighted by molar-refractivity contribution is 0.0733. The number of carbonyl (C=O) groups is 1. The average Bonchev–Trinajstić information content (AvgIpc) is 3.09. The van der Waals surface area contributed by atoms with Crippen molar-refractivity contribution in [2.75, 3.05) is 32.1 Å². The highest BCUT2D eigenvalue weighted by Gasteiger charge is 2.31. The van der Waals surface area contributed by atoms with Crippen LogP contribution in [0.25, 0.3) is 0 Å². The standard InChI is InChI=1S/C16H19FN6O2/c1-22(14-9-19-13(17)8-20-14)10-11-4-3-7-23(11)15(24)12-5-6-18-16(21-12)25-2/h5-6,8-9,11H,3-4,7,10H2,1-2H3. The van der Waals surface area contributed by atoms with Gasteiger partial charge in [0, 0.05) is 32.4 Å². The number of hydrogen-bond donors (Lipinski definition) is 0. The summed E-state index contributed by atoms with van der Waals surface area (Å²) in [5, 5.41) is 0. The van der Waals surface area contributed by atoms with Gasteiger partial charge in [-0.25, -0.2) is 15.0 Å². The van der Waals surface area contributed by atoms with Crippen molar-refractivity contribution in [2.45, 2.75) is 18.9 Å². The summed E-state index contributed by atoms with van der Waals surface area (Å²) < 4.78 is 17.9. The second-order valence-corrected chi connectivity index (χ2v) is 5.80. The van der Waals surface area contributed by atoms with E-state index in [2.05, 4.69) is 19.9 Å². The van der Waals surface area contributed by atoms with Crippen LogP contribution in [0.4, 0.5) is 10.2 Å². The number of aromatic nitrogens is 4. The van der Waals surface area contributed by atoms with Crippen molar-refractivity contribution in [1.29, 1.82) is 0 Å². The summed E-state index contributed by atoms with van der Waals surface area (Å²) >= 11 is 0. The molecule has 2 aromatic heterocycles. The van der Waals surface area contributed by atoms with Gasteiger partial charge in [-0.05, 0) is 18.9 Å². The molecule has 0 saturated carbocycles. The summed E-state index contributed by atoms with van der Waals surface area (Å²) in [5.74, 6) is -0.210. The first-order valence-corrected chi connectivity index (χ1v) is 7.95. The zero-order chi connectivity index (χ0) is 17.8. The van der Waals surface area contributed by atoms with Crippen molar-refractivity contribution in [3.63, 3.8) is 0 Å². The number of ether oxygens (including phenoxy) is 1. The van der Waals surface area contributed by atoms with Crippen molar-refractivity contribution < 1.29 is 13.9 Å². The monoisotopic (exact) mass is 346 g/mol. The Hall–Kier alpha value is -2.84. The minimum Gasteiger partial charge on any atom is -0.467 e. The summed E-state index contributed by atoms with van der Waals surface area (Å²) in [6, 6.07) is 1.76. The minimum atomic E-state index is -0.618. The second kappa shape index (κ2) is 7.37. The Labute approximate surface area is 144 Å². The number of nitrogens with zero attached hydrogens (tertiary/aromatic N) is 6. The third-order valence-corrected chi connectivity index (χ3v) is 4.16. The van der Waals surface area contributed by atoms with Gasteiger partial charge >= 0.3 is 6.01 Å². The molecule has 1 atom stereocenters. The molecule has 3 rings (SSSR count). The summed E-state index contributed by atoms with van der Waals surface area (Å²) in [7, 11) is 3.30. The molecule has 1 saturated heterocycles. The van der Waals surface area contributed by atoms with Gasteiger partial charge in [-0.3, -0.25) is 4.79 Å². The summed E-state index contributed by atoms with van der Waals surface area (Å²) in [6.07, 6.45) is 5.77. The summed E-state index contributed by atoms with van der Waals surface area (Å²) in [5.41, 5.74) is 0.308. The highest BCUT2D eigenvalue weighted by Crippen LogP contribution is 2.22. The van der Waals surface area contributed by atoms with E-state index >= 15 is 0 Å². The van der Waals surface area contributed by atoms with Crippen LogP contribution in [0.3, 0.4) is 0 Å². The van der Waals surface area contributed by atoms with Gasteiger partial charge in [0.1, 0.15) is 11.5 Å². The van der Waals surface area contributed by atoms with E-state index in [-0.39, 0.29) is 18.0 Å². The van der Waals surface area contributed by atoms with E-state index in [9.17, 15) is 9.18 Å². The number of likely N-dealkylation sites (tertiary alicyclic amines) is 1. The van der Waals surface area contributed by atoms with Gasteiger partial charge in [0.2, 0.25) is 5.95 Å². The molecular formula is C16H19FN6O2. The average molecular weight is 346 g/mol. The van der Waals surface area contributed by atoms with Gasteiger partial charge in [0.05, 0.1) is 19.5 Å². The molecule has 8 nitrogen and oxygen atoms in total. The molecule has 1 unspecified atom stereocenters. The molecule has 0 aliphatic carbocycles. The molecular weight excluding hydrogens is 327 g/mol. The molecule has 1 amide bonds. The first-order chi connectivity index (χ1) is 12.1. The van der Waals surface area contributed by atoms with Crippen LogP contribution in [-0.4, -0.2) is 64.0 Å². The van der Waals surface area contributed by atoms with Gasteiger partial charge in [0.15, 0.2) is 0 Å². The number of halogens is 1. The Bertz CT molecular complexity index is 742. The van der Waals surface area contributed by atoms with E-state index < -0.39 is 5.95 Å². The van der Waals surface area contributed by atoms with Crippen LogP contribution in [0, 0.1) is 5.95 Å². The van der Waals surface area contributed by atoms with Crippen LogP contribution < -0.4 is 9.64 Å². The Morgan fingerprint density at radius 3 is 2.96 bits per heavy atom. The van der Waals surface area contributed by atoms with Crippen LogP contribution in [-0.2, 0) is 0 Å². The lowest BCUT2D eigenvalue weighted by Gasteiger charge is -2.29. The summed E-state index contributed by atoms with van der Waals surface area (Å²) in [4.78, 5) is 32.1. The van der Waals surface area contributed by atoms with Crippen molar-refractivity contribution >= 4 is 11.7 Å². The maximum atomic E-state index is 12.9. The molecule has 25 heavy (non-hydrogen) atoms. The number of methoxy groups -OCH3 is 1. The SMILES string of the molecule is COc1nccc(C(=O)N2CCCC2CN(C)c2cnc(F)cn2)n1. The van der Waals surface area contributed by atoms with Crippen LogP contribution in [0.5, 0.6) is 6.01 Å². The minimum absolute atomic E-state index is 0.0188. The fraction of sp³-hybridized carbons (Fsp3) is 0.438. The van der Waals surface area contributed by atoms with Crippen molar-refractivity contribution in [3.05, 3.63) is 36.3 Å². The summed E-state index contributed by atoms with van der Waals surface area (Å²) in [6.45, 7) is 1.24. The van der Waals surface area contributed by atoms with Gasteiger partial charge in [-0.15, -0.1) is 0 Å². The zero-order valence-electron chi connectivity index (χ0n) is 14.1. The molecule has 0 bridgehead atoms. The van der Waals surface area contributed by atoms with E-state index in [0.29, 0.717) is 24.6 Å². The van der Waals surface area contributed by atoms with Gasteiger partial charge in [-0.2, -0.15) is 9.37 Å². The van der Waals surface area contributed by atoms with Crippen molar-refractivity contribution in [2.24, 2.45) is 0 Å². The Balaban J connectivity index is 1.71. The molecule has 1 aliphatic rings. The number of carbonyl (C=O) groups excluding carboxylic acids is 1. The zero-order valence-corrected chi connectivity index (χ0v) is 14.1. The first kappa shape index (κ1) is 17.0. The third kappa shape index (κ3) is 3.81. The molecule has 0 N–H and O–H groups in total. The van der Waals surface area contributed by atoms with Gasteiger partial charge in [0.25, 0.3) is 5.91 Å². The second-order valence-electron chi connectivity index (χ2n) is 5.80. The Morgan fingerprint density at radius 2 is 2.24 bits per heavy atom. The molecule has 0 aromatic carbocycles. The van der Waals surface area contributed by atoms with Crippen molar-refractivity contribution in [1.82, 2.24) is 24.8 Å². The van der Waals surface area contributed by atoms with Crippen LogP contribution in [0.15, 0.2) is 24.7 Å². The largest absolute Gasteiger partial charge is 0.467 e. The van der Waals surface area contributed by atoms with Crippen LogP contribution in [0.2, 0.25) is 0 Å². The highest BCUT2D eigenvalue weighted by molar-refractivity contribution is 5.92. The van der Waals surface area contributed by atoms with Crippen molar-refractivity contribution in [3.8, 4) is 6.01 Å². The maximum Gasteiger partial charge on any atom is 0.316 e. The number of anilines is 1. The topological polar surface area (TPSA) is 84.3 Å². The van der Waals surface area contributed by atoms with Crippen LogP contribution in [0.1, 0.15) is 23.3 Å². The smallest absolute Gasteiger partial charge is 0.316 e. The van der Waals surface area contributed by atoms with Crippen LogP contribution >= 0.6 is 0 Å². The molecule has 0 spiro atoms. The Kier molecular flexibility index (Phi) is 5.01. The number of amides is 1. The molecule has 9 heteroatoms. The molecule has 1 aliphatic heterocycles. The first-order valence-electron chi connectivity index (χ1n) is 7.95. The lowest BCUT2D eigenvalue weighted by Crippen LogP contribution is -2.42. The molecule has 132 valence electrons. The van der Waals surface area contributed by atoms with Gasteiger partial charge < -0.3 is 14.5 Å². The molecule has 0 radical (unpaired) electrons. The highest BCUT2D eigenvalue weighted by atomic mass is 19.1. The van der Waals surface area contributed by atoms with Gasteiger partial charge in [-0.1, -0.05) is 0 Å². The third-order valence-electron chi connectivity index (χ3n) is 4.16. The number of hydrogen-bond acceptors (Lipinski definition) is 7. The quantitative estimate of drug-likeness (QED) is 0.803. The molecule has 1 fully saturated rings. The number of rotatable bonds is 5. The lowest BCUT2D eigenvalue weighted by atomic mass is 10.2. The van der Waals surface area contributed by atoms with E-state index in [1.165, 1.54) is 19.5 Å². The molecule has 3 heterocycles. The fourth-order valence-electron chi connectivity index (χ4n) is 2.91.